The molecule has 1 N–H and O–H groups in total. The van der Waals surface area contributed by atoms with Crippen molar-refractivity contribution in [3.8, 4) is 0 Å². The van der Waals surface area contributed by atoms with Gasteiger partial charge < -0.3 is 19.5 Å². The Bertz CT molecular complexity index is 532. The second-order valence-electron chi connectivity index (χ2n) is 8.10. The lowest BCUT2D eigenvalue weighted by atomic mass is 9.50. The van der Waals surface area contributed by atoms with Crippen LogP contribution < -0.4 is 0 Å². The zero-order valence-electron chi connectivity index (χ0n) is 13.6. The Morgan fingerprint density at radius 1 is 1.32 bits per heavy atom. The van der Waals surface area contributed by atoms with E-state index in [1.54, 1.807) is 5.57 Å². The molecule has 5 rings (SSSR count). The summed E-state index contributed by atoms with van der Waals surface area (Å²) in [5, 5.41) is 10.5. The molecule has 1 saturated carbocycles. The van der Waals surface area contributed by atoms with Crippen molar-refractivity contribution in [3.63, 3.8) is 0 Å². The maximum absolute atomic E-state index is 10.5. The summed E-state index contributed by atoms with van der Waals surface area (Å²) in [5.74, 6) is 0.691. The fourth-order valence-electron chi connectivity index (χ4n) is 6.61. The van der Waals surface area contributed by atoms with Gasteiger partial charge in [-0.2, -0.15) is 0 Å². The van der Waals surface area contributed by atoms with Crippen LogP contribution >= 0.6 is 0 Å². The van der Waals surface area contributed by atoms with E-state index in [4.69, 9.17) is 9.47 Å². The van der Waals surface area contributed by atoms with Gasteiger partial charge in [-0.25, -0.2) is 0 Å². The first-order chi connectivity index (χ1) is 10.7. The summed E-state index contributed by atoms with van der Waals surface area (Å²) < 4.78 is 12.4. The van der Waals surface area contributed by atoms with Crippen molar-refractivity contribution in [2.75, 3.05) is 20.7 Å². The molecule has 122 valence electrons. The Balaban J connectivity index is 1.70. The standard InChI is InChI=1S/C18H27NO3/c1-19-8-7-18-11-4-6-14(21-2)17(18)22-16-13(20)5-3-10(15(16)18)9-12(11)19/h11-14,16-17,20H,3-9H2,1-2H3/t11-,12+,13?,14?,16?,17?,18-/m0/s1. The van der Waals surface area contributed by atoms with Gasteiger partial charge in [-0.3, -0.25) is 0 Å². The predicted molar refractivity (Wildman–Crippen MR) is 82.5 cm³/mol. The molecule has 1 spiro atoms. The first kappa shape index (κ1) is 14.0. The first-order valence-corrected chi connectivity index (χ1v) is 8.95. The van der Waals surface area contributed by atoms with E-state index in [1.807, 2.05) is 7.11 Å². The molecule has 4 nitrogen and oxygen atoms in total. The average molecular weight is 305 g/mol. The Morgan fingerprint density at radius 2 is 2.18 bits per heavy atom. The second kappa shape index (κ2) is 4.56. The van der Waals surface area contributed by atoms with Crippen molar-refractivity contribution in [2.45, 2.75) is 69.0 Å². The highest BCUT2D eigenvalue weighted by Crippen LogP contribution is 2.65. The molecule has 5 aliphatic rings. The van der Waals surface area contributed by atoms with Crippen LogP contribution in [-0.4, -0.2) is 61.2 Å². The number of methoxy groups -OCH3 is 1. The van der Waals surface area contributed by atoms with E-state index < -0.39 is 0 Å². The van der Waals surface area contributed by atoms with Crippen LogP contribution in [-0.2, 0) is 9.47 Å². The molecule has 7 atom stereocenters. The fourth-order valence-corrected chi connectivity index (χ4v) is 6.61. The van der Waals surface area contributed by atoms with Crippen molar-refractivity contribution < 1.29 is 14.6 Å². The summed E-state index contributed by atoms with van der Waals surface area (Å²) in [4.78, 5) is 2.59. The average Bonchev–Trinajstić information content (AvgIpc) is 2.88. The van der Waals surface area contributed by atoms with Gasteiger partial charge in [0, 0.05) is 18.6 Å². The summed E-state index contributed by atoms with van der Waals surface area (Å²) in [5.41, 5.74) is 3.30. The molecule has 0 aromatic heterocycles. The van der Waals surface area contributed by atoms with Gasteiger partial charge in [0.05, 0.1) is 18.3 Å². The van der Waals surface area contributed by atoms with E-state index in [0.717, 1.165) is 25.8 Å². The Labute approximate surface area is 132 Å². The number of piperidine rings is 1. The van der Waals surface area contributed by atoms with Crippen molar-refractivity contribution in [2.24, 2.45) is 11.3 Å². The Hall–Kier alpha value is -0.420. The first-order valence-electron chi connectivity index (χ1n) is 8.95. The van der Waals surface area contributed by atoms with Crippen LogP contribution in [0.5, 0.6) is 0 Å². The van der Waals surface area contributed by atoms with Crippen molar-refractivity contribution >= 4 is 0 Å². The van der Waals surface area contributed by atoms with Gasteiger partial charge in [-0.15, -0.1) is 0 Å². The molecular formula is C18H27NO3. The van der Waals surface area contributed by atoms with Crippen LogP contribution in [0.3, 0.4) is 0 Å². The van der Waals surface area contributed by atoms with E-state index in [9.17, 15) is 5.11 Å². The van der Waals surface area contributed by atoms with Gasteiger partial charge in [0.15, 0.2) is 0 Å². The molecule has 4 heteroatoms. The zero-order valence-corrected chi connectivity index (χ0v) is 13.6. The van der Waals surface area contributed by atoms with Gasteiger partial charge in [-0.1, -0.05) is 5.57 Å². The van der Waals surface area contributed by atoms with Gasteiger partial charge in [0.2, 0.25) is 0 Å². The minimum Gasteiger partial charge on any atom is -0.390 e. The van der Waals surface area contributed by atoms with Gasteiger partial charge in [0.25, 0.3) is 0 Å². The topological polar surface area (TPSA) is 41.9 Å². The molecule has 22 heavy (non-hydrogen) atoms. The normalized spacial score (nSPS) is 53.6. The lowest BCUT2D eigenvalue weighted by Crippen LogP contribution is -2.63. The molecule has 2 bridgehead atoms. The molecule has 4 unspecified atom stereocenters. The lowest BCUT2D eigenvalue weighted by molar-refractivity contribution is -0.158. The molecule has 0 amide bonds. The fraction of sp³-hybridized carbons (Fsp3) is 0.889. The highest BCUT2D eigenvalue weighted by Gasteiger charge is 2.67. The number of aliphatic hydroxyl groups excluding tert-OH is 1. The van der Waals surface area contributed by atoms with Crippen LogP contribution in [0.25, 0.3) is 0 Å². The number of likely N-dealkylation sites (tertiary alicyclic amines) is 1. The van der Waals surface area contributed by atoms with Crippen LogP contribution in [0, 0.1) is 11.3 Å². The zero-order chi connectivity index (χ0) is 15.1. The van der Waals surface area contributed by atoms with Crippen LogP contribution in [0.2, 0.25) is 0 Å². The third kappa shape index (κ3) is 1.48. The molecule has 2 saturated heterocycles. The summed E-state index contributed by atoms with van der Waals surface area (Å²) in [6.45, 7) is 1.15. The van der Waals surface area contributed by atoms with Crippen LogP contribution in [0.1, 0.15) is 38.5 Å². The minimum absolute atomic E-state index is 0.0450. The SMILES string of the molecule is COC1CC[C@H]2[C@H]3CC4=C5C(OC1[C@]52CCN3C)C(O)CC4. The molecule has 2 heterocycles. The number of ether oxygens (including phenoxy) is 2. The maximum Gasteiger partial charge on any atom is 0.106 e. The number of nitrogens with zero attached hydrogens (tertiary/aromatic N) is 1. The second-order valence-corrected chi connectivity index (χ2v) is 8.10. The summed E-state index contributed by atoms with van der Waals surface area (Å²) in [6.07, 6.45) is 6.66. The van der Waals surface area contributed by atoms with E-state index in [2.05, 4.69) is 11.9 Å². The van der Waals surface area contributed by atoms with Crippen molar-refractivity contribution in [1.82, 2.24) is 4.90 Å². The summed E-state index contributed by atoms with van der Waals surface area (Å²) >= 11 is 0. The Morgan fingerprint density at radius 3 is 3.00 bits per heavy atom. The van der Waals surface area contributed by atoms with E-state index in [0.29, 0.717) is 12.0 Å². The third-order valence-corrected chi connectivity index (χ3v) is 7.49. The summed E-state index contributed by atoms with van der Waals surface area (Å²) in [6, 6.07) is 0.672. The van der Waals surface area contributed by atoms with Gasteiger partial charge in [0.1, 0.15) is 6.10 Å². The molecule has 0 radical (unpaired) electrons. The van der Waals surface area contributed by atoms with Crippen LogP contribution in [0.15, 0.2) is 11.1 Å². The van der Waals surface area contributed by atoms with E-state index in [-0.39, 0.29) is 29.8 Å². The lowest BCUT2D eigenvalue weighted by Gasteiger charge is -2.60. The molecule has 0 aromatic rings. The molecule has 3 aliphatic carbocycles. The quantitative estimate of drug-likeness (QED) is 0.749. The highest BCUT2D eigenvalue weighted by atomic mass is 16.6. The maximum atomic E-state index is 10.5. The predicted octanol–water partition coefficient (Wildman–Crippen LogP) is 1.72. The monoisotopic (exact) mass is 305 g/mol. The molecular weight excluding hydrogens is 278 g/mol. The third-order valence-electron chi connectivity index (χ3n) is 7.49. The van der Waals surface area contributed by atoms with Crippen molar-refractivity contribution in [1.29, 1.82) is 0 Å². The van der Waals surface area contributed by atoms with Gasteiger partial charge in [-0.05, 0) is 63.6 Å². The molecule has 3 fully saturated rings. The number of hydrogen-bond acceptors (Lipinski definition) is 4. The molecule has 2 aliphatic heterocycles. The molecule has 0 aromatic carbocycles. The minimum atomic E-state index is -0.312. The number of rotatable bonds is 1. The van der Waals surface area contributed by atoms with E-state index in [1.165, 1.54) is 24.8 Å². The smallest absolute Gasteiger partial charge is 0.106 e. The van der Waals surface area contributed by atoms with Crippen LogP contribution in [0.4, 0.5) is 0 Å². The largest absolute Gasteiger partial charge is 0.390 e. The Kier molecular flexibility index (Phi) is 2.90. The summed E-state index contributed by atoms with van der Waals surface area (Å²) in [7, 11) is 4.12. The van der Waals surface area contributed by atoms with Gasteiger partial charge >= 0.3 is 0 Å². The van der Waals surface area contributed by atoms with Crippen molar-refractivity contribution in [3.05, 3.63) is 11.1 Å². The van der Waals surface area contributed by atoms with E-state index >= 15 is 0 Å². The highest BCUT2D eigenvalue weighted by molar-refractivity contribution is 5.42. The number of aliphatic hydroxyl groups is 1. The number of hydrogen-bond donors (Lipinski definition) is 1.